The Hall–Kier alpha value is -2.34. The van der Waals surface area contributed by atoms with Gasteiger partial charge in [0.25, 0.3) is 5.91 Å². The number of halogens is 1. The van der Waals surface area contributed by atoms with Gasteiger partial charge in [0.1, 0.15) is 11.5 Å². The second-order valence-electron chi connectivity index (χ2n) is 4.31. The number of aryl methyl sites for hydroxylation is 1. The zero-order valence-corrected chi connectivity index (χ0v) is 10.9. The zero-order valence-electron chi connectivity index (χ0n) is 10.9. The third-order valence-electron chi connectivity index (χ3n) is 2.75. The average molecular weight is 275 g/mol. The molecule has 5 nitrogen and oxygen atoms in total. The quantitative estimate of drug-likeness (QED) is 0.883. The molecular formula is C14H14FN3O2. The maximum absolute atomic E-state index is 13.2. The summed E-state index contributed by atoms with van der Waals surface area (Å²) >= 11 is 0. The van der Waals surface area contributed by atoms with Gasteiger partial charge in [-0.25, -0.2) is 9.37 Å². The summed E-state index contributed by atoms with van der Waals surface area (Å²) in [6, 6.07) is 4.32. The Bertz CT molecular complexity index is 614. The van der Waals surface area contributed by atoms with Gasteiger partial charge in [-0.05, 0) is 24.6 Å². The third-order valence-corrected chi connectivity index (χ3v) is 2.75. The first-order chi connectivity index (χ1) is 9.60. The fraction of sp³-hybridized carbons (Fsp3) is 0.214. The number of aliphatic hydroxyl groups is 1. The van der Waals surface area contributed by atoms with E-state index in [0.29, 0.717) is 5.56 Å². The van der Waals surface area contributed by atoms with Crippen LogP contribution in [0.4, 0.5) is 4.39 Å². The van der Waals surface area contributed by atoms with E-state index in [1.807, 2.05) is 0 Å². The van der Waals surface area contributed by atoms with Crippen molar-refractivity contribution in [2.24, 2.45) is 0 Å². The lowest BCUT2D eigenvalue weighted by Gasteiger charge is -2.07. The van der Waals surface area contributed by atoms with Crippen LogP contribution < -0.4 is 5.32 Å². The maximum atomic E-state index is 13.2. The van der Waals surface area contributed by atoms with E-state index in [1.165, 1.54) is 24.5 Å². The molecule has 0 atom stereocenters. The number of hydrogen-bond donors (Lipinski definition) is 2. The second kappa shape index (κ2) is 6.21. The Labute approximate surface area is 115 Å². The molecule has 0 fully saturated rings. The molecular weight excluding hydrogens is 261 g/mol. The highest BCUT2D eigenvalue weighted by molar-refractivity contribution is 5.91. The van der Waals surface area contributed by atoms with Crippen LogP contribution in [0.25, 0.3) is 0 Å². The number of carbonyl (C=O) groups excluding carboxylic acids is 1. The summed E-state index contributed by atoms with van der Waals surface area (Å²) in [4.78, 5) is 19.8. The van der Waals surface area contributed by atoms with E-state index in [9.17, 15) is 9.18 Å². The lowest BCUT2D eigenvalue weighted by atomic mass is 10.1. The number of aromatic nitrogens is 2. The van der Waals surface area contributed by atoms with Crippen molar-refractivity contribution in [1.29, 1.82) is 0 Å². The van der Waals surface area contributed by atoms with Gasteiger partial charge < -0.3 is 10.4 Å². The number of amides is 1. The molecule has 1 amide bonds. The first-order valence-electron chi connectivity index (χ1n) is 6.05. The molecule has 0 saturated carbocycles. The zero-order chi connectivity index (χ0) is 14.5. The minimum atomic E-state index is -0.466. The Morgan fingerprint density at radius 1 is 1.35 bits per heavy atom. The first-order valence-corrected chi connectivity index (χ1v) is 6.05. The molecule has 2 N–H and O–H groups in total. The number of carbonyl (C=O) groups is 1. The summed E-state index contributed by atoms with van der Waals surface area (Å²) < 4.78 is 13.2. The molecule has 1 heterocycles. The maximum Gasteiger partial charge on any atom is 0.271 e. The van der Waals surface area contributed by atoms with E-state index in [-0.39, 0.29) is 30.3 Å². The first kappa shape index (κ1) is 14.1. The Morgan fingerprint density at radius 2 is 2.15 bits per heavy atom. The van der Waals surface area contributed by atoms with Crippen LogP contribution in [0, 0.1) is 12.7 Å². The van der Waals surface area contributed by atoms with Gasteiger partial charge in [-0.3, -0.25) is 9.78 Å². The standard InChI is InChI=1S/C14H14FN3O2/c1-9-5-17-13(7-16-9)14(20)18-6-10-2-3-12(15)11(4-10)8-19/h2-5,7,19H,6,8H2,1H3,(H,18,20). The van der Waals surface area contributed by atoms with Crippen LogP contribution in [-0.2, 0) is 13.2 Å². The third kappa shape index (κ3) is 3.36. The van der Waals surface area contributed by atoms with E-state index in [4.69, 9.17) is 5.11 Å². The molecule has 20 heavy (non-hydrogen) atoms. The van der Waals surface area contributed by atoms with E-state index in [2.05, 4.69) is 15.3 Å². The van der Waals surface area contributed by atoms with Gasteiger partial charge in [0, 0.05) is 18.3 Å². The summed E-state index contributed by atoms with van der Waals surface area (Å²) in [7, 11) is 0. The number of nitrogens with one attached hydrogen (secondary N) is 1. The highest BCUT2D eigenvalue weighted by Gasteiger charge is 2.08. The highest BCUT2D eigenvalue weighted by atomic mass is 19.1. The van der Waals surface area contributed by atoms with Crippen molar-refractivity contribution in [2.75, 3.05) is 0 Å². The van der Waals surface area contributed by atoms with Crippen LogP contribution in [0.3, 0.4) is 0 Å². The minimum Gasteiger partial charge on any atom is -0.392 e. The Kier molecular flexibility index (Phi) is 4.37. The summed E-state index contributed by atoms with van der Waals surface area (Å²) in [6.07, 6.45) is 2.91. The molecule has 0 bridgehead atoms. The van der Waals surface area contributed by atoms with E-state index < -0.39 is 5.82 Å². The highest BCUT2D eigenvalue weighted by Crippen LogP contribution is 2.10. The summed E-state index contributed by atoms with van der Waals surface area (Å²) in [6.45, 7) is 1.63. The van der Waals surface area contributed by atoms with Gasteiger partial charge in [0.2, 0.25) is 0 Å². The van der Waals surface area contributed by atoms with Crippen LogP contribution in [0.1, 0.15) is 27.3 Å². The monoisotopic (exact) mass is 275 g/mol. The Morgan fingerprint density at radius 3 is 2.80 bits per heavy atom. The molecule has 2 rings (SSSR count). The number of hydrogen-bond acceptors (Lipinski definition) is 4. The molecule has 1 aromatic carbocycles. The minimum absolute atomic E-state index is 0.201. The molecule has 0 aliphatic rings. The van der Waals surface area contributed by atoms with Crippen LogP contribution in [0.2, 0.25) is 0 Å². The molecule has 104 valence electrons. The molecule has 0 saturated heterocycles. The van der Waals surface area contributed by atoms with E-state index in [1.54, 1.807) is 13.0 Å². The van der Waals surface area contributed by atoms with Gasteiger partial charge in [-0.1, -0.05) is 6.07 Å². The van der Waals surface area contributed by atoms with Crippen molar-refractivity contribution >= 4 is 5.91 Å². The van der Waals surface area contributed by atoms with E-state index in [0.717, 1.165) is 5.69 Å². The predicted octanol–water partition coefficient (Wildman–Crippen LogP) is 1.35. The van der Waals surface area contributed by atoms with Crippen molar-refractivity contribution in [2.45, 2.75) is 20.1 Å². The van der Waals surface area contributed by atoms with Gasteiger partial charge in [-0.15, -0.1) is 0 Å². The topological polar surface area (TPSA) is 75.1 Å². The van der Waals surface area contributed by atoms with Crippen molar-refractivity contribution in [1.82, 2.24) is 15.3 Å². The summed E-state index contributed by atoms with van der Waals surface area (Å²) in [5.74, 6) is -0.820. The van der Waals surface area contributed by atoms with Gasteiger partial charge in [0.15, 0.2) is 0 Å². The Balaban J connectivity index is 2.01. The van der Waals surface area contributed by atoms with Crippen LogP contribution in [-0.4, -0.2) is 21.0 Å². The number of nitrogens with zero attached hydrogens (tertiary/aromatic N) is 2. The molecule has 0 spiro atoms. The lowest BCUT2D eigenvalue weighted by Crippen LogP contribution is -2.24. The fourth-order valence-corrected chi connectivity index (χ4v) is 1.64. The largest absolute Gasteiger partial charge is 0.392 e. The average Bonchev–Trinajstić information content (AvgIpc) is 2.46. The van der Waals surface area contributed by atoms with E-state index >= 15 is 0 Å². The van der Waals surface area contributed by atoms with Crippen molar-refractivity contribution in [3.05, 3.63) is 58.9 Å². The molecule has 1 aromatic heterocycles. The van der Waals surface area contributed by atoms with Gasteiger partial charge >= 0.3 is 0 Å². The number of rotatable bonds is 4. The summed E-state index contributed by atoms with van der Waals surface area (Å²) in [5, 5.41) is 11.6. The van der Waals surface area contributed by atoms with Crippen molar-refractivity contribution in [3.63, 3.8) is 0 Å². The summed E-state index contributed by atoms with van der Waals surface area (Å²) in [5.41, 5.74) is 1.85. The van der Waals surface area contributed by atoms with Crippen LogP contribution in [0.5, 0.6) is 0 Å². The van der Waals surface area contributed by atoms with Crippen LogP contribution >= 0.6 is 0 Å². The smallest absolute Gasteiger partial charge is 0.271 e. The number of aliphatic hydroxyl groups excluding tert-OH is 1. The van der Waals surface area contributed by atoms with Crippen molar-refractivity contribution < 1.29 is 14.3 Å². The SMILES string of the molecule is Cc1cnc(C(=O)NCc2ccc(F)c(CO)c2)cn1. The fourth-order valence-electron chi connectivity index (χ4n) is 1.64. The number of benzene rings is 1. The molecule has 0 aliphatic heterocycles. The lowest BCUT2D eigenvalue weighted by molar-refractivity contribution is 0.0945. The second-order valence-corrected chi connectivity index (χ2v) is 4.31. The van der Waals surface area contributed by atoms with Gasteiger partial charge in [-0.2, -0.15) is 0 Å². The normalized spacial score (nSPS) is 10.3. The predicted molar refractivity (Wildman–Crippen MR) is 70.3 cm³/mol. The van der Waals surface area contributed by atoms with Crippen molar-refractivity contribution in [3.8, 4) is 0 Å². The molecule has 2 aromatic rings. The molecule has 6 heteroatoms. The molecule has 0 radical (unpaired) electrons. The molecule has 0 unspecified atom stereocenters. The van der Waals surface area contributed by atoms with Crippen LogP contribution in [0.15, 0.2) is 30.6 Å². The van der Waals surface area contributed by atoms with Gasteiger partial charge in [0.05, 0.1) is 18.5 Å². The molecule has 0 aliphatic carbocycles.